The Balaban J connectivity index is 2.55. The molecule has 100 valence electrons. The van der Waals surface area contributed by atoms with Gasteiger partial charge in [0.05, 0.1) is 7.11 Å². The van der Waals surface area contributed by atoms with Crippen LogP contribution in [0, 0.1) is 0 Å². The van der Waals surface area contributed by atoms with Crippen LogP contribution in [0.25, 0.3) is 0 Å². The molecule has 0 aliphatic rings. The Morgan fingerprint density at radius 3 is 2.63 bits per heavy atom. The third-order valence-electron chi connectivity index (χ3n) is 2.06. The summed E-state index contributed by atoms with van der Waals surface area (Å²) < 4.78 is 10.6. The standard InChI is InChI=1S/C12H12N2O5/c1-18-10(15)4-5-11(16)19-8-14-6-2-3-9(7-14)12(13)17/h2-7H,8H2,1H3,(H-,13,17)/p+1. The van der Waals surface area contributed by atoms with Gasteiger partial charge in [-0.15, -0.1) is 0 Å². The van der Waals surface area contributed by atoms with Crippen molar-refractivity contribution in [2.75, 3.05) is 7.11 Å². The van der Waals surface area contributed by atoms with Gasteiger partial charge in [-0.3, -0.25) is 4.79 Å². The summed E-state index contributed by atoms with van der Waals surface area (Å²) in [5, 5.41) is 0. The third kappa shape index (κ3) is 4.99. The minimum absolute atomic E-state index is 0.106. The molecule has 0 saturated carbocycles. The second kappa shape index (κ2) is 6.90. The van der Waals surface area contributed by atoms with E-state index in [-0.39, 0.29) is 6.73 Å². The number of amides is 1. The molecule has 0 bridgehead atoms. The smallest absolute Gasteiger partial charge is 0.335 e. The number of hydrogen-bond acceptors (Lipinski definition) is 5. The number of pyridine rings is 1. The molecule has 0 fully saturated rings. The fourth-order valence-corrected chi connectivity index (χ4v) is 1.14. The van der Waals surface area contributed by atoms with Crippen molar-refractivity contribution < 1.29 is 28.4 Å². The van der Waals surface area contributed by atoms with E-state index in [4.69, 9.17) is 10.5 Å². The maximum atomic E-state index is 11.2. The minimum atomic E-state index is -0.706. The Hall–Kier alpha value is -2.70. The zero-order valence-electron chi connectivity index (χ0n) is 10.2. The van der Waals surface area contributed by atoms with E-state index in [0.717, 1.165) is 12.2 Å². The first-order valence-corrected chi connectivity index (χ1v) is 5.24. The highest BCUT2D eigenvalue weighted by atomic mass is 16.5. The van der Waals surface area contributed by atoms with Gasteiger partial charge in [0.2, 0.25) is 0 Å². The van der Waals surface area contributed by atoms with Gasteiger partial charge in [0.1, 0.15) is 5.56 Å². The van der Waals surface area contributed by atoms with E-state index in [2.05, 4.69) is 4.74 Å². The van der Waals surface area contributed by atoms with Gasteiger partial charge in [0, 0.05) is 18.2 Å². The van der Waals surface area contributed by atoms with Crippen LogP contribution in [0.1, 0.15) is 10.4 Å². The molecule has 0 spiro atoms. The van der Waals surface area contributed by atoms with Crippen molar-refractivity contribution in [3.05, 3.63) is 42.2 Å². The monoisotopic (exact) mass is 265 g/mol. The number of primary amides is 1. The van der Waals surface area contributed by atoms with Crippen molar-refractivity contribution in [2.45, 2.75) is 6.73 Å². The Morgan fingerprint density at radius 2 is 2.00 bits per heavy atom. The Labute approximate surface area is 109 Å². The zero-order chi connectivity index (χ0) is 14.3. The summed E-state index contributed by atoms with van der Waals surface area (Å²) in [5.74, 6) is -1.94. The SMILES string of the molecule is COC(=O)C=CC(=O)OC[n+]1cccc(C(N)=O)c1. The lowest BCUT2D eigenvalue weighted by Gasteiger charge is -1.99. The van der Waals surface area contributed by atoms with Crippen LogP contribution in [0.4, 0.5) is 0 Å². The highest BCUT2D eigenvalue weighted by Crippen LogP contribution is 1.92. The van der Waals surface area contributed by atoms with Gasteiger partial charge in [-0.05, 0) is 6.07 Å². The molecule has 0 aliphatic carbocycles. The number of ether oxygens (including phenoxy) is 2. The van der Waals surface area contributed by atoms with Gasteiger partial charge in [-0.2, -0.15) is 4.57 Å². The highest BCUT2D eigenvalue weighted by molar-refractivity contribution is 5.92. The van der Waals surface area contributed by atoms with Crippen molar-refractivity contribution in [1.29, 1.82) is 0 Å². The summed E-state index contributed by atoms with van der Waals surface area (Å²) in [6, 6.07) is 3.13. The molecule has 19 heavy (non-hydrogen) atoms. The quantitative estimate of drug-likeness (QED) is 0.431. The lowest BCUT2D eigenvalue weighted by molar-refractivity contribution is -0.727. The fourth-order valence-electron chi connectivity index (χ4n) is 1.14. The van der Waals surface area contributed by atoms with Gasteiger partial charge < -0.3 is 15.2 Å². The van der Waals surface area contributed by atoms with E-state index in [1.165, 1.54) is 23.9 Å². The molecule has 1 aromatic rings. The van der Waals surface area contributed by atoms with Crippen LogP contribution < -0.4 is 10.3 Å². The van der Waals surface area contributed by atoms with Gasteiger partial charge in [-0.1, -0.05) is 0 Å². The summed E-state index contributed by atoms with van der Waals surface area (Å²) in [4.78, 5) is 32.9. The predicted octanol–water partition coefficient (Wildman–Crippen LogP) is -0.697. The molecule has 0 aliphatic heterocycles. The largest absolute Gasteiger partial charge is 0.466 e. The predicted molar refractivity (Wildman–Crippen MR) is 62.4 cm³/mol. The van der Waals surface area contributed by atoms with Crippen molar-refractivity contribution in [3.8, 4) is 0 Å². The molecule has 0 aromatic carbocycles. The normalized spacial score (nSPS) is 10.2. The molecule has 0 unspecified atom stereocenters. The lowest BCUT2D eigenvalue weighted by atomic mass is 10.3. The van der Waals surface area contributed by atoms with Crippen LogP contribution in [-0.2, 0) is 25.8 Å². The number of carbonyl (C=O) groups is 3. The highest BCUT2D eigenvalue weighted by Gasteiger charge is 2.08. The molecular formula is C12H13N2O5+. The number of esters is 2. The molecule has 1 heterocycles. The molecule has 0 saturated heterocycles. The summed E-state index contributed by atoms with van der Waals surface area (Å²) in [7, 11) is 1.20. The van der Waals surface area contributed by atoms with E-state index in [0.29, 0.717) is 5.56 Å². The number of hydrogen-bond donors (Lipinski definition) is 1. The van der Waals surface area contributed by atoms with E-state index < -0.39 is 17.8 Å². The third-order valence-corrected chi connectivity index (χ3v) is 2.06. The van der Waals surface area contributed by atoms with Crippen molar-refractivity contribution >= 4 is 17.8 Å². The Bertz CT molecular complexity index is 525. The maximum Gasteiger partial charge on any atom is 0.335 e. The van der Waals surface area contributed by atoms with Gasteiger partial charge >= 0.3 is 11.9 Å². The number of carbonyl (C=O) groups excluding carboxylic acids is 3. The molecule has 0 radical (unpaired) electrons. The number of nitrogens with two attached hydrogens (primary N) is 1. The topological polar surface area (TPSA) is 99.6 Å². The molecule has 1 rings (SSSR count). The van der Waals surface area contributed by atoms with E-state index in [1.807, 2.05) is 0 Å². The number of methoxy groups -OCH3 is 1. The van der Waals surface area contributed by atoms with Crippen LogP contribution in [-0.4, -0.2) is 25.0 Å². The Morgan fingerprint density at radius 1 is 1.32 bits per heavy atom. The van der Waals surface area contributed by atoms with E-state index in [1.54, 1.807) is 12.3 Å². The average Bonchev–Trinajstić information content (AvgIpc) is 2.42. The maximum absolute atomic E-state index is 11.2. The second-order valence-corrected chi connectivity index (χ2v) is 3.42. The lowest BCUT2D eigenvalue weighted by Crippen LogP contribution is -2.36. The molecule has 0 atom stereocenters. The van der Waals surface area contributed by atoms with Crippen LogP contribution >= 0.6 is 0 Å². The molecule has 1 aromatic heterocycles. The summed E-state index contributed by atoms with van der Waals surface area (Å²) in [5.41, 5.74) is 5.41. The van der Waals surface area contributed by atoms with E-state index >= 15 is 0 Å². The number of nitrogens with zero attached hydrogens (tertiary/aromatic N) is 1. The number of rotatable bonds is 5. The first kappa shape index (κ1) is 14.4. The van der Waals surface area contributed by atoms with Crippen molar-refractivity contribution in [3.63, 3.8) is 0 Å². The van der Waals surface area contributed by atoms with Gasteiger partial charge in [0.25, 0.3) is 12.6 Å². The summed E-state index contributed by atoms with van der Waals surface area (Å²) in [6.45, 7) is -0.106. The van der Waals surface area contributed by atoms with E-state index in [9.17, 15) is 14.4 Å². The molecule has 7 nitrogen and oxygen atoms in total. The average molecular weight is 265 g/mol. The van der Waals surface area contributed by atoms with Crippen LogP contribution in [0.15, 0.2) is 36.7 Å². The van der Waals surface area contributed by atoms with Crippen molar-refractivity contribution in [1.82, 2.24) is 0 Å². The summed E-state index contributed by atoms with van der Waals surface area (Å²) >= 11 is 0. The van der Waals surface area contributed by atoms with Crippen LogP contribution in [0.2, 0.25) is 0 Å². The van der Waals surface area contributed by atoms with Crippen LogP contribution in [0.3, 0.4) is 0 Å². The first-order valence-electron chi connectivity index (χ1n) is 5.24. The zero-order valence-corrected chi connectivity index (χ0v) is 10.2. The fraction of sp³-hybridized carbons (Fsp3) is 0.167. The van der Waals surface area contributed by atoms with Crippen molar-refractivity contribution in [2.24, 2.45) is 5.73 Å². The van der Waals surface area contributed by atoms with Gasteiger partial charge in [0.15, 0.2) is 12.4 Å². The van der Waals surface area contributed by atoms with Gasteiger partial charge in [-0.25, -0.2) is 9.59 Å². The molecule has 2 N–H and O–H groups in total. The minimum Gasteiger partial charge on any atom is -0.466 e. The second-order valence-electron chi connectivity index (χ2n) is 3.42. The number of aromatic nitrogens is 1. The summed E-state index contributed by atoms with van der Waals surface area (Å²) in [6.07, 6.45) is 4.94. The molecule has 7 heteroatoms. The van der Waals surface area contributed by atoms with Crippen LogP contribution in [0.5, 0.6) is 0 Å². The Kier molecular flexibility index (Phi) is 5.21. The molecule has 1 amide bonds. The molecular weight excluding hydrogens is 252 g/mol. The first-order chi connectivity index (χ1) is 9.02.